The first-order valence-electron chi connectivity index (χ1n) is 7.07. The molecule has 0 radical (unpaired) electrons. The molecule has 21 heavy (non-hydrogen) atoms. The summed E-state index contributed by atoms with van der Waals surface area (Å²) in [6.45, 7) is 5.34. The third-order valence-corrected chi connectivity index (χ3v) is 3.31. The Bertz CT molecular complexity index is 415. The van der Waals surface area contributed by atoms with Crippen LogP contribution in [0.4, 0.5) is 0 Å². The summed E-state index contributed by atoms with van der Waals surface area (Å²) < 4.78 is 22.6. The van der Waals surface area contributed by atoms with Crippen LogP contribution in [0.3, 0.4) is 0 Å². The summed E-state index contributed by atoms with van der Waals surface area (Å²) in [5.41, 5.74) is 6.66. The van der Waals surface area contributed by atoms with Crippen molar-refractivity contribution in [2.24, 2.45) is 5.73 Å². The number of hydrogen-bond acceptors (Lipinski definition) is 5. The summed E-state index contributed by atoms with van der Waals surface area (Å²) in [5.74, 6) is 1.39. The minimum atomic E-state index is 0.460. The van der Waals surface area contributed by atoms with Crippen molar-refractivity contribution in [2.45, 2.75) is 19.9 Å². The van der Waals surface area contributed by atoms with Gasteiger partial charge in [-0.15, -0.1) is 0 Å². The number of hydrogen-bond donors (Lipinski definition) is 1. The summed E-state index contributed by atoms with van der Waals surface area (Å²) in [6, 6.07) is 3.85. The molecule has 6 heteroatoms. The van der Waals surface area contributed by atoms with Gasteiger partial charge in [0.2, 0.25) is 0 Å². The largest absolute Gasteiger partial charge is 0.490 e. The predicted molar refractivity (Wildman–Crippen MR) is 86.0 cm³/mol. The van der Waals surface area contributed by atoms with Crippen LogP contribution in [-0.4, -0.2) is 40.1 Å². The fraction of sp³-hybridized carbons (Fsp3) is 0.600. The van der Waals surface area contributed by atoms with E-state index < -0.39 is 0 Å². The average molecular weight is 362 g/mol. The number of benzene rings is 1. The molecule has 0 amide bonds. The first-order chi connectivity index (χ1) is 10.2. The Kier molecular flexibility index (Phi) is 9.41. The molecule has 0 aliphatic rings. The lowest BCUT2D eigenvalue weighted by Gasteiger charge is -2.15. The second-order valence-corrected chi connectivity index (χ2v) is 5.20. The number of methoxy groups -OCH3 is 1. The van der Waals surface area contributed by atoms with Gasteiger partial charge in [-0.3, -0.25) is 0 Å². The minimum Gasteiger partial charge on any atom is -0.490 e. The molecular formula is C15H24BrNO4. The van der Waals surface area contributed by atoms with E-state index in [0.717, 1.165) is 16.5 Å². The van der Waals surface area contributed by atoms with E-state index in [2.05, 4.69) is 15.9 Å². The zero-order chi connectivity index (χ0) is 15.5. The maximum atomic E-state index is 5.76. The Morgan fingerprint density at radius 3 is 2.57 bits per heavy atom. The fourth-order valence-corrected chi connectivity index (χ4v) is 2.36. The Morgan fingerprint density at radius 2 is 1.90 bits per heavy atom. The highest BCUT2D eigenvalue weighted by atomic mass is 79.9. The molecule has 0 unspecified atom stereocenters. The van der Waals surface area contributed by atoms with E-state index in [4.69, 9.17) is 24.7 Å². The summed E-state index contributed by atoms with van der Waals surface area (Å²) in [5, 5.41) is 0. The van der Waals surface area contributed by atoms with Gasteiger partial charge in [0, 0.05) is 26.9 Å². The fourth-order valence-electron chi connectivity index (χ4n) is 1.75. The molecule has 0 fully saturated rings. The van der Waals surface area contributed by atoms with Gasteiger partial charge < -0.3 is 24.7 Å². The van der Waals surface area contributed by atoms with Crippen molar-refractivity contribution >= 4 is 15.9 Å². The molecule has 0 aromatic heterocycles. The Balaban J connectivity index is 2.49. The van der Waals surface area contributed by atoms with Crippen LogP contribution in [0.1, 0.15) is 18.9 Å². The molecule has 0 saturated carbocycles. The Labute approximate surface area is 134 Å². The molecule has 0 atom stereocenters. The quantitative estimate of drug-likeness (QED) is 0.614. The molecule has 0 bridgehead atoms. The topological polar surface area (TPSA) is 62.9 Å². The third kappa shape index (κ3) is 6.65. The van der Waals surface area contributed by atoms with E-state index in [1.807, 2.05) is 19.1 Å². The van der Waals surface area contributed by atoms with E-state index in [9.17, 15) is 0 Å². The van der Waals surface area contributed by atoms with Crippen LogP contribution in [0.25, 0.3) is 0 Å². The molecular weight excluding hydrogens is 338 g/mol. The van der Waals surface area contributed by atoms with Crippen LogP contribution in [0.5, 0.6) is 11.5 Å². The van der Waals surface area contributed by atoms with E-state index in [1.54, 1.807) is 7.11 Å². The van der Waals surface area contributed by atoms with Gasteiger partial charge in [-0.2, -0.15) is 0 Å². The van der Waals surface area contributed by atoms with Crippen molar-refractivity contribution < 1.29 is 18.9 Å². The van der Waals surface area contributed by atoms with Crippen LogP contribution >= 0.6 is 15.9 Å². The van der Waals surface area contributed by atoms with Gasteiger partial charge in [-0.25, -0.2) is 0 Å². The highest BCUT2D eigenvalue weighted by Gasteiger charge is 2.11. The summed E-state index contributed by atoms with van der Waals surface area (Å²) >= 11 is 3.49. The zero-order valence-corrected chi connectivity index (χ0v) is 14.3. The SMILES string of the molecule is CCOc1cc(CN)cc(Br)c1OCCOCCCOC. The molecule has 1 aromatic carbocycles. The minimum absolute atomic E-state index is 0.460. The summed E-state index contributed by atoms with van der Waals surface area (Å²) in [4.78, 5) is 0. The van der Waals surface area contributed by atoms with Gasteiger partial charge in [0.15, 0.2) is 11.5 Å². The first kappa shape index (κ1) is 18.2. The maximum absolute atomic E-state index is 5.76. The van der Waals surface area contributed by atoms with Gasteiger partial charge >= 0.3 is 0 Å². The number of halogens is 1. The second-order valence-electron chi connectivity index (χ2n) is 4.35. The van der Waals surface area contributed by atoms with E-state index in [-0.39, 0.29) is 0 Å². The van der Waals surface area contributed by atoms with Gasteiger partial charge in [-0.05, 0) is 47.0 Å². The lowest BCUT2D eigenvalue weighted by molar-refractivity contribution is 0.0796. The molecule has 1 rings (SSSR count). The smallest absolute Gasteiger partial charge is 0.175 e. The molecule has 0 aliphatic heterocycles. The monoisotopic (exact) mass is 361 g/mol. The lowest BCUT2D eigenvalue weighted by Crippen LogP contribution is -2.10. The van der Waals surface area contributed by atoms with Crippen LogP contribution in [-0.2, 0) is 16.0 Å². The van der Waals surface area contributed by atoms with Crippen molar-refractivity contribution in [3.8, 4) is 11.5 Å². The molecule has 0 aliphatic carbocycles. The van der Waals surface area contributed by atoms with Crippen molar-refractivity contribution in [1.29, 1.82) is 0 Å². The van der Waals surface area contributed by atoms with Gasteiger partial charge in [-0.1, -0.05) is 0 Å². The van der Waals surface area contributed by atoms with Gasteiger partial charge in [0.25, 0.3) is 0 Å². The Morgan fingerprint density at radius 1 is 1.10 bits per heavy atom. The zero-order valence-electron chi connectivity index (χ0n) is 12.7. The van der Waals surface area contributed by atoms with E-state index >= 15 is 0 Å². The molecule has 0 heterocycles. The highest BCUT2D eigenvalue weighted by Crippen LogP contribution is 2.36. The predicted octanol–water partition coefficient (Wildman–Crippen LogP) is 2.74. The van der Waals surface area contributed by atoms with E-state index in [0.29, 0.717) is 51.1 Å². The maximum Gasteiger partial charge on any atom is 0.175 e. The van der Waals surface area contributed by atoms with Crippen LogP contribution in [0.15, 0.2) is 16.6 Å². The molecule has 5 nitrogen and oxygen atoms in total. The normalized spacial score (nSPS) is 10.7. The number of nitrogens with two attached hydrogens (primary N) is 1. The molecule has 1 aromatic rings. The van der Waals surface area contributed by atoms with Crippen molar-refractivity contribution in [2.75, 3.05) is 40.1 Å². The summed E-state index contributed by atoms with van der Waals surface area (Å²) in [7, 11) is 1.68. The van der Waals surface area contributed by atoms with Gasteiger partial charge in [0.1, 0.15) is 6.61 Å². The first-order valence-corrected chi connectivity index (χ1v) is 7.87. The van der Waals surface area contributed by atoms with Crippen molar-refractivity contribution in [3.05, 3.63) is 22.2 Å². The second kappa shape index (κ2) is 10.8. The number of ether oxygens (including phenoxy) is 4. The molecule has 0 saturated heterocycles. The average Bonchev–Trinajstić information content (AvgIpc) is 2.48. The summed E-state index contributed by atoms with van der Waals surface area (Å²) in [6.07, 6.45) is 0.885. The van der Waals surface area contributed by atoms with Crippen LogP contribution < -0.4 is 15.2 Å². The molecule has 2 N–H and O–H groups in total. The van der Waals surface area contributed by atoms with Crippen molar-refractivity contribution in [3.63, 3.8) is 0 Å². The van der Waals surface area contributed by atoms with Gasteiger partial charge in [0.05, 0.1) is 17.7 Å². The number of rotatable bonds is 11. The van der Waals surface area contributed by atoms with Crippen LogP contribution in [0.2, 0.25) is 0 Å². The highest BCUT2D eigenvalue weighted by molar-refractivity contribution is 9.10. The third-order valence-electron chi connectivity index (χ3n) is 2.72. The lowest BCUT2D eigenvalue weighted by atomic mass is 10.2. The standard InChI is InChI=1S/C15H24BrNO4/c1-3-20-14-10-12(11-17)9-13(16)15(14)21-8-7-19-6-4-5-18-2/h9-10H,3-8,11,17H2,1-2H3. The molecule has 120 valence electrons. The van der Waals surface area contributed by atoms with E-state index in [1.165, 1.54) is 0 Å². The van der Waals surface area contributed by atoms with Crippen molar-refractivity contribution in [1.82, 2.24) is 0 Å². The van der Waals surface area contributed by atoms with Crippen LogP contribution in [0, 0.1) is 0 Å². The molecule has 0 spiro atoms. The Hall–Kier alpha value is -0.820.